The summed E-state index contributed by atoms with van der Waals surface area (Å²) in [6.45, 7) is 7.26. The monoisotopic (exact) mass is 251 g/mol. The smallest absolute Gasteiger partial charge is 0.123 e. The zero-order chi connectivity index (χ0) is 12.8. The standard InChI is InChI=1S/C14H22FN3/c15-14-3-1-13(2-4-14)5-7-17-9-11-18(8-6-16)12-10-17/h1-4H,5-12,16H2. The molecule has 1 saturated heterocycles. The second-order valence-corrected chi connectivity index (χ2v) is 4.85. The van der Waals surface area contributed by atoms with Crippen molar-refractivity contribution in [3.8, 4) is 0 Å². The highest BCUT2D eigenvalue weighted by Crippen LogP contribution is 2.06. The van der Waals surface area contributed by atoms with E-state index in [2.05, 4.69) is 9.80 Å². The molecule has 0 aromatic heterocycles. The Kier molecular flexibility index (Phi) is 5.11. The molecule has 0 saturated carbocycles. The fourth-order valence-corrected chi connectivity index (χ4v) is 2.36. The van der Waals surface area contributed by atoms with Crippen molar-refractivity contribution in [2.75, 3.05) is 45.8 Å². The summed E-state index contributed by atoms with van der Waals surface area (Å²) >= 11 is 0. The molecule has 1 aliphatic heterocycles. The number of nitrogens with zero attached hydrogens (tertiary/aromatic N) is 2. The molecule has 3 nitrogen and oxygen atoms in total. The molecule has 1 fully saturated rings. The number of halogens is 1. The van der Waals surface area contributed by atoms with Crippen molar-refractivity contribution in [2.45, 2.75) is 6.42 Å². The SMILES string of the molecule is NCCN1CCN(CCc2ccc(F)cc2)CC1. The molecule has 0 bridgehead atoms. The molecule has 18 heavy (non-hydrogen) atoms. The summed E-state index contributed by atoms with van der Waals surface area (Å²) in [7, 11) is 0. The number of benzene rings is 1. The zero-order valence-electron chi connectivity index (χ0n) is 10.8. The first-order valence-electron chi connectivity index (χ1n) is 6.67. The summed E-state index contributed by atoms with van der Waals surface area (Å²) < 4.78 is 12.8. The van der Waals surface area contributed by atoms with Gasteiger partial charge in [-0.2, -0.15) is 0 Å². The van der Waals surface area contributed by atoms with Crippen LogP contribution in [0.15, 0.2) is 24.3 Å². The van der Waals surface area contributed by atoms with Crippen molar-refractivity contribution < 1.29 is 4.39 Å². The first-order chi connectivity index (χ1) is 8.78. The van der Waals surface area contributed by atoms with Gasteiger partial charge in [-0.05, 0) is 24.1 Å². The number of hydrogen-bond acceptors (Lipinski definition) is 3. The Morgan fingerprint density at radius 1 is 0.944 bits per heavy atom. The summed E-state index contributed by atoms with van der Waals surface area (Å²) in [5.74, 6) is -0.158. The predicted octanol–water partition coefficient (Wildman–Crippen LogP) is 0.945. The fraction of sp³-hybridized carbons (Fsp3) is 0.571. The van der Waals surface area contributed by atoms with E-state index in [1.54, 1.807) is 0 Å². The molecule has 1 aromatic rings. The van der Waals surface area contributed by atoms with Crippen molar-refractivity contribution in [1.29, 1.82) is 0 Å². The van der Waals surface area contributed by atoms with Crippen molar-refractivity contribution in [3.05, 3.63) is 35.6 Å². The lowest BCUT2D eigenvalue weighted by Gasteiger charge is -2.34. The van der Waals surface area contributed by atoms with E-state index in [1.807, 2.05) is 12.1 Å². The molecule has 1 aliphatic rings. The largest absolute Gasteiger partial charge is 0.329 e. The summed E-state index contributed by atoms with van der Waals surface area (Å²) in [6.07, 6.45) is 0.997. The minimum atomic E-state index is -0.158. The molecule has 0 radical (unpaired) electrons. The van der Waals surface area contributed by atoms with Crippen molar-refractivity contribution in [3.63, 3.8) is 0 Å². The van der Waals surface area contributed by atoms with Crippen LogP contribution in [0.4, 0.5) is 4.39 Å². The Balaban J connectivity index is 1.70. The Hall–Kier alpha value is -0.970. The van der Waals surface area contributed by atoms with E-state index in [1.165, 1.54) is 17.7 Å². The van der Waals surface area contributed by atoms with E-state index >= 15 is 0 Å². The van der Waals surface area contributed by atoms with Gasteiger partial charge in [-0.3, -0.25) is 4.90 Å². The van der Waals surface area contributed by atoms with Crippen molar-refractivity contribution in [2.24, 2.45) is 5.73 Å². The van der Waals surface area contributed by atoms with Gasteiger partial charge in [0.2, 0.25) is 0 Å². The quantitative estimate of drug-likeness (QED) is 0.845. The topological polar surface area (TPSA) is 32.5 Å². The first-order valence-corrected chi connectivity index (χ1v) is 6.67. The van der Waals surface area contributed by atoms with E-state index < -0.39 is 0 Å². The molecule has 0 spiro atoms. The lowest BCUT2D eigenvalue weighted by molar-refractivity contribution is 0.136. The van der Waals surface area contributed by atoms with Gasteiger partial charge < -0.3 is 10.6 Å². The first kappa shape index (κ1) is 13.5. The molecule has 2 rings (SSSR count). The second-order valence-electron chi connectivity index (χ2n) is 4.85. The van der Waals surface area contributed by atoms with Crippen LogP contribution in [0.1, 0.15) is 5.56 Å². The van der Waals surface area contributed by atoms with Crippen LogP contribution in [0.2, 0.25) is 0 Å². The number of nitrogens with two attached hydrogens (primary N) is 1. The van der Waals surface area contributed by atoms with Crippen molar-refractivity contribution >= 4 is 0 Å². The normalized spacial score (nSPS) is 18.1. The lowest BCUT2D eigenvalue weighted by atomic mass is 10.1. The number of hydrogen-bond donors (Lipinski definition) is 1. The molecule has 100 valence electrons. The van der Waals surface area contributed by atoms with Gasteiger partial charge >= 0.3 is 0 Å². The van der Waals surface area contributed by atoms with Gasteiger partial charge in [0.05, 0.1) is 0 Å². The van der Waals surface area contributed by atoms with Crippen LogP contribution in [0.3, 0.4) is 0 Å². The van der Waals surface area contributed by atoms with Crippen LogP contribution in [0.5, 0.6) is 0 Å². The number of rotatable bonds is 5. The number of piperazine rings is 1. The second kappa shape index (κ2) is 6.83. The van der Waals surface area contributed by atoms with E-state index in [9.17, 15) is 4.39 Å². The van der Waals surface area contributed by atoms with Gasteiger partial charge in [-0.25, -0.2) is 4.39 Å². The molecule has 0 aliphatic carbocycles. The van der Waals surface area contributed by atoms with Crippen LogP contribution in [0, 0.1) is 5.82 Å². The zero-order valence-corrected chi connectivity index (χ0v) is 10.8. The maximum Gasteiger partial charge on any atom is 0.123 e. The van der Waals surface area contributed by atoms with Gasteiger partial charge in [0.1, 0.15) is 5.82 Å². The third-order valence-corrected chi connectivity index (χ3v) is 3.54. The molecular weight excluding hydrogens is 229 g/mol. The van der Waals surface area contributed by atoms with Crippen LogP contribution < -0.4 is 5.73 Å². The maximum atomic E-state index is 12.8. The average Bonchev–Trinajstić information content (AvgIpc) is 2.40. The Morgan fingerprint density at radius 3 is 2.06 bits per heavy atom. The molecular formula is C14H22FN3. The van der Waals surface area contributed by atoms with Gasteiger partial charge in [-0.15, -0.1) is 0 Å². The van der Waals surface area contributed by atoms with E-state index in [4.69, 9.17) is 5.73 Å². The lowest BCUT2D eigenvalue weighted by Crippen LogP contribution is -2.48. The fourth-order valence-electron chi connectivity index (χ4n) is 2.36. The highest BCUT2D eigenvalue weighted by atomic mass is 19.1. The molecule has 0 unspecified atom stereocenters. The van der Waals surface area contributed by atoms with E-state index in [0.717, 1.165) is 52.2 Å². The molecule has 1 heterocycles. The summed E-state index contributed by atoms with van der Waals surface area (Å²) in [4.78, 5) is 4.88. The van der Waals surface area contributed by atoms with Crippen LogP contribution in [-0.2, 0) is 6.42 Å². The predicted molar refractivity (Wildman–Crippen MR) is 72.0 cm³/mol. The van der Waals surface area contributed by atoms with Gasteiger partial charge in [-0.1, -0.05) is 12.1 Å². The minimum Gasteiger partial charge on any atom is -0.329 e. The van der Waals surface area contributed by atoms with Crippen LogP contribution in [0.25, 0.3) is 0 Å². The molecule has 4 heteroatoms. The molecule has 0 amide bonds. The summed E-state index contributed by atoms with van der Waals surface area (Å²) in [6, 6.07) is 6.82. The van der Waals surface area contributed by atoms with E-state index in [0.29, 0.717) is 0 Å². The van der Waals surface area contributed by atoms with Gasteiger partial charge in [0.25, 0.3) is 0 Å². The highest BCUT2D eigenvalue weighted by Gasteiger charge is 2.15. The van der Waals surface area contributed by atoms with Crippen LogP contribution in [-0.4, -0.2) is 55.6 Å². The third kappa shape index (κ3) is 4.05. The summed E-state index contributed by atoms with van der Waals surface area (Å²) in [5.41, 5.74) is 6.76. The summed E-state index contributed by atoms with van der Waals surface area (Å²) in [5, 5.41) is 0. The van der Waals surface area contributed by atoms with E-state index in [-0.39, 0.29) is 5.82 Å². The maximum absolute atomic E-state index is 12.8. The Morgan fingerprint density at radius 2 is 1.50 bits per heavy atom. The molecule has 1 aromatic carbocycles. The van der Waals surface area contributed by atoms with Crippen molar-refractivity contribution in [1.82, 2.24) is 9.80 Å². The van der Waals surface area contributed by atoms with Crippen LogP contribution >= 0.6 is 0 Å². The average molecular weight is 251 g/mol. The third-order valence-electron chi connectivity index (χ3n) is 3.54. The Bertz CT molecular complexity index is 345. The molecule has 2 N–H and O–H groups in total. The van der Waals surface area contributed by atoms with Gasteiger partial charge in [0.15, 0.2) is 0 Å². The van der Waals surface area contributed by atoms with Gasteiger partial charge in [0, 0.05) is 45.8 Å². The Labute approximate surface area is 108 Å². The minimum absolute atomic E-state index is 0.158. The molecule has 0 atom stereocenters. The highest BCUT2D eigenvalue weighted by molar-refractivity contribution is 5.16.